The summed E-state index contributed by atoms with van der Waals surface area (Å²) >= 11 is 1.43. The molecule has 7 N–H and O–H groups in total. The van der Waals surface area contributed by atoms with Crippen LogP contribution < -0.4 is 21.7 Å². The summed E-state index contributed by atoms with van der Waals surface area (Å²) in [5, 5.41) is 26.4. The van der Waals surface area contributed by atoms with Crippen molar-refractivity contribution in [3.8, 4) is 0 Å². The second-order valence-electron chi connectivity index (χ2n) is 8.09. The Morgan fingerprint density at radius 1 is 1.00 bits per heavy atom. The largest absolute Gasteiger partial charge is 0.480 e. The van der Waals surface area contributed by atoms with Gasteiger partial charge in [-0.15, -0.1) is 0 Å². The Balaban J connectivity index is 2.84. The van der Waals surface area contributed by atoms with Crippen LogP contribution in [-0.4, -0.2) is 76.7 Å². The second kappa shape index (κ2) is 15.3. The number of benzene rings is 1. The summed E-state index contributed by atoms with van der Waals surface area (Å²) in [5.41, 5.74) is 6.91. The summed E-state index contributed by atoms with van der Waals surface area (Å²) < 4.78 is 0. The highest BCUT2D eigenvalue weighted by Gasteiger charge is 2.32. The fourth-order valence-corrected chi connectivity index (χ4v) is 3.62. The SMILES string of the molecule is CCC(C)C(NC(=O)C(N)Cc1ccccc1)C(=O)NC(CO)C(=O)NC(CCSC)C(=O)O. The normalized spacial score (nSPS) is 15.3. The summed E-state index contributed by atoms with van der Waals surface area (Å²) in [6, 6.07) is 4.83. The summed E-state index contributed by atoms with van der Waals surface area (Å²) in [6.45, 7) is 2.88. The number of nitrogens with one attached hydrogen (secondary N) is 3. The zero-order valence-electron chi connectivity index (χ0n) is 19.8. The van der Waals surface area contributed by atoms with Gasteiger partial charge in [0.2, 0.25) is 17.7 Å². The number of carbonyl (C=O) groups is 4. The Morgan fingerprint density at radius 2 is 1.62 bits per heavy atom. The molecule has 0 spiro atoms. The van der Waals surface area contributed by atoms with E-state index in [1.165, 1.54) is 11.8 Å². The van der Waals surface area contributed by atoms with Crippen LogP contribution in [0.1, 0.15) is 32.3 Å². The second-order valence-corrected chi connectivity index (χ2v) is 9.08. The molecule has 1 aromatic carbocycles. The average molecular weight is 497 g/mol. The molecule has 0 saturated heterocycles. The van der Waals surface area contributed by atoms with E-state index >= 15 is 0 Å². The van der Waals surface area contributed by atoms with Gasteiger partial charge in [0, 0.05) is 0 Å². The molecule has 1 aromatic rings. The molecular weight excluding hydrogens is 460 g/mol. The van der Waals surface area contributed by atoms with Crippen molar-refractivity contribution < 1.29 is 29.4 Å². The molecule has 0 radical (unpaired) electrons. The predicted molar refractivity (Wildman–Crippen MR) is 131 cm³/mol. The first kappa shape index (κ1) is 29.4. The van der Waals surface area contributed by atoms with Crippen LogP contribution in [0.4, 0.5) is 0 Å². The van der Waals surface area contributed by atoms with Gasteiger partial charge < -0.3 is 31.9 Å². The van der Waals surface area contributed by atoms with Crippen LogP contribution in [-0.2, 0) is 25.6 Å². The van der Waals surface area contributed by atoms with Gasteiger partial charge in [-0.25, -0.2) is 4.79 Å². The summed E-state index contributed by atoms with van der Waals surface area (Å²) in [5.74, 6) is -2.98. The van der Waals surface area contributed by atoms with Gasteiger partial charge in [0.05, 0.1) is 12.6 Å². The van der Waals surface area contributed by atoms with Gasteiger partial charge in [0.1, 0.15) is 18.1 Å². The number of aliphatic carboxylic acids is 1. The van der Waals surface area contributed by atoms with Crippen LogP contribution in [0.25, 0.3) is 0 Å². The molecule has 190 valence electrons. The third kappa shape index (κ3) is 9.70. The fraction of sp³-hybridized carbons (Fsp3) is 0.565. The lowest BCUT2D eigenvalue weighted by Crippen LogP contribution is -2.59. The van der Waals surface area contributed by atoms with E-state index in [1.54, 1.807) is 6.92 Å². The number of nitrogens with two attached hydrogens (primary N) is 1. The molecule has 0 saturated carbocycles. The van der Waals surface area contributed by atoms with Gasteiger partial charge >= 0.3 is 5.97 Å². The van der Waals surface area contributed by atoms with Crippen LogP contribution in [0.15, 0.2) is 30.3 Å². The van der Waals surface area contributed by atoms with Crippen molar-refractivity contribution in [3.05, 3.63) is 35.9 Å². The molecule has 11 heteroatoms. The topological polar surface area (TPSA) is 171 Å². The van der Waals surface area contributed by atoms with Gasteiger partial charge in [-0.1, -0.05) is 50.6 Å². The Morgan fingerprint density at radius 3 is 2.15 bits per heavy atom. The average Bonchev–Trinajstić information content (AvgIpc) is 2.82. The molecule has 0 heterocycles. The number of amides is 3. The summed E-state index contributed by atoms with van der Waals surface area (Å²) in [6.07, 6.45) is 2.85. The minimum Gasteiger partial charge on any atom is -0.480 e. The monoisotopic (exact) mass is 496 g/mol. The molecule has 34 heavy (non-hydrogen) atoms. The Kier molecular flexibility index (Phi) is 13.2. The molecule has 0 bridgehead atoms. The van der Waals surface area contributed by atoms with E-state index in [0.29, 0.717) is 12.2 Å². The zero-order valence-corrected chi connectivity index (χ0v) is 20.6. The standard InChI is InChI=1S/C23H36N4O6S/c1-4-14(2)19(27-20(29)16(24)12-15-8-6-5-7-9-15)22(31)26-18(13-28)21(30)25-17(23(32)33)10-11-34-3/h5-9,14,16-19,28H,4,10-13,24H2,1-3H3,(H,25,30)(H,26,31)(H,27,29)(H,32,33). The van der Waals surface area contributed by atoms with Crippen molar-refractivity contribution in [1.29, 1.82) is 0 Å². The molecule has 5 atom stereocenters. The maximum absolute atomic E-state index is 12.9. The highest BCUT2D eigenvalue weighted by molar-refractivity contribution is 7.98. The molecule has 3 amide bonds. The van der Waals surface area contributed by atoms with Gasteiger partial charge in [0.25, 0.3) is 0 Å². The van der Waals surface area contributed by atoms with E-state index in [-0.39, 0.29) is 18.8 Å². The number of carboxylic acids is 1. The number of aliphatic hydroxyl groups excluding tert-OH is 1. The Hall–Kier alpha value is -2.63. The van der Waals surface area contributed by atoms with E-state index in [2.05, 4.69) is 16.0 Å². The fourth-order valence-electron chi connectivity index (χ4n) is 3.14. The minimum absolute atomic E-state index is 0.194. The van der Waals surface area contributed by atoms with Crippen LogP contribution in [0.3, 0.4) is 0 Å². The number of hydrogen-bond acceptors (Lipinski definition) is 7. The molecule has 0 aliphatic rings. The molecular formula is C23H36N4O6S. The predicted octanol–water partition coefficient (Wildman–Crippen LogP) is -0.113. The maximum Gasteiger partial charge on any atom is 0.326 e. The van der Waals surface area contributed by atoms with E-state index < -0.39 is 54.5 Å². The Bertz CT molecular complexity index is 810. The van der Waals surface area contributed by atoms with Gasteiger partial charge in [0.15, 0.2) is 0 Å². The van der Waals surface area contributed by atoms with Gasteiger partial charge in [-0.05, 0) is 36.3 Å². The lowest BCUT2D eigenvalue weighted by Gasteiger charge is -2.27. The van der Waals surface area contributed by atoms with Crippen molar-refractivity contribution >= 4 is 35.5 Å². The van der Waals surface area contributed by atoms with E-state index in [1.807, 2.05) is 43.5 Å². The number of thioether (sulfide) groups is 1. The van der Waals surface area contributed by atoms with Crippen molar-refractivity contribution in [2.75, 3.05) is 18.6 Å². The van der Waals surface area contributed by atoms with E-state index in [4.69, 9.17) is 5.73 Å². The number of aliphatic hydroxyl groups is 1. The van der Waals surface area contributed by atoms with Crippen molar-refractivity contribution in [3.63, 3.8) is 0 Å². The van der Waals surface area contributed by atoms with Crippen LogP contribution in [0.2, 0.25) is 0 Å². The van der Waals surface area contributed by atoms with Crippen LogP contribution >= 0.6 is 11.8 Å². The molecule has 0 aromatic heterocycles. The molecule has 0 fully saturated rings. The number of carbonyl (C=O) groups excluding carboxylic acids is 3. The zero-order chi connectivity index (χ0) is 25.7. The molecule has 5 unspecified atom stereocenters. The minimum atomic E-state index is -1.37. The lowest BCUT2D eigenvalue weighted by molar-refractivity contribution is -0.142. The van der Waals surface area contributed by atoms with Crippen LogP contribution in [0.5, 0.6) is 0 Å². The first-order valence-corrected chi connectivity index (χ1v) is 12.6. The first-order chi connectivity index (χ1) is 16.1. The van der Waals surface area contributed by atoms with Crippen molar-refractivity contribution in [2.24, 2.45) is 11.7 Å². The van der Waals surface area contributed by atoms with Gasteiger partial charge in [-0.2, -0.15) is 11.8 Å². The first-order valence-electron chi connectivity index (χ1n) is 11.2. The van der Waals surface area contributed by atoms with Crippen molar-refractivity contribution in [2.45, 2.75) is 57.3 Å². The molecule has 10 nitrogen and oxygen atoms in total. The third-order valence-electron chi connectivity index (χ3n) is 5.47. The highest BCUT2D eigenvalue weighted by Crippen LogP contribution is 2.10. The van der Waals surface area contributed by atoms with E-state index in [0.717, 1.165) is 5.56 Å². The number of carboxylic acid groups (broad SMARTS) is 1. The van der Waals surface area contributed by atoms with Gasteiger partial charge in [-0.3, -0.25) is 14.4 Å². The quantitative estimate of drug-likeness (QED) is 0.195. The summed E-state index contributed by atoms with van der Waals surface area (Å²) in [4.78, 5) is 49.5. The number of rotatable bonds is 15. The Labute approximate surface area is 204 Å². The molecule has 1 rings (SSSR count). The van der Waals surface area contributed by atoms with Crippen LogP contribution in [0, 0.1) is 5.92 Å². The molecule has 0 aliphatic heterocycles. The third-order valence-corrected chi connectivity index (χ3v) is 6.11. The summed E-state index contributed by atoms with van der Waals surface area (Å²) in [7, 11) is 0. The highest BCUT2D eigenvalue weighted by atomic mass is 32.2. The number of hydrogen-bond donors (Lipinski definition) is 6. The van der Waals surface area contributed by atoms with Crippen molar-refractivity contribution in [1.82, 2.24) is 16.0 Å². The maximum atomic E-state index is 12.9. The lowest BCUT2D eigenvalue weighted by atomic mass is 9.97. The molecule has 0 aliphatic carbocycles. The van der Waals surface area contributed by atoms with E-state index in [9.17, 15) is 29.4 Å². The smallest absolute Gasteiger partial charge is 0.326 e.